The minimum absolute atomic E-state index is 0.0563. The number of hydrogen-bond donors (Lipinski definition) is 2. The molecule has 0 aliphatic carbocycles. The molecule has 0 bridgehead atoms. The zero-order valence-electron chi connectivity index (χ0n) is 37.3. The molecule has 0 amide bonds. The fraction of sp³-hybridized carbons (Fsp3) is 0.241. The molecule has 6 aromatic rings. The first-order valence-electron chi connectivity index (χ1n) is 22.3. The molecular formula is C54H48O16. The van der Waals surface area contributed by atoms with Gasteiger partial charge in [0, 0.05) is 0 Å². The zero-order chi connectivity index (χ0) is 48.8. The Bertz CT molecular complexity index is 2640. The second-order valence-corrected chi connectivity index (χ2v) is 16.1. The molecule has 10 atom stereocenters. The first kappa shape index (κ1) is 48.9. The van der Waals surface area contributed by atoms with E-state index in [1.54, 1.807) is 115 Å². The van der Waals surface area contributed by atoms with Gasteiger partial charge >= 0.3 is 29.8 Å². The first-order chi connectivity index (χ1) is 34.2. The molecule has 360 valence electrons. The molecule has 8 rings (SSSR count). The third-order valence-electron chi connectivity index (χ3n) is 11.3. The van der Waals surface area contributed by atoms with Crippen LogP contribution in [0.1, 0.15) is 57.4 Å². The van der Waals surface area contributed by atoms with Crippen molar-refractivity contribution in [3.63, 3.8) is 0 Å². The van der Waals surface area contributed by atoms with Gasteiger partial charge in [-0.15, -0.1) is 0 Å². The Balaban J connectivity index is 1.24. The summed E-state index contributed by atoms with van der Waals surface area (Å²) in [7, 11) is 0. The van der Waals surface area contributed by atoms with Gasteiger partial charge in [-0.05, 0) is 66.2 Å². The highest BCUT2D eigenvalue weighted by Crippen LogP contribution is 2.36. The van der Waals surface area contributed by atoms with Gasteiger partial charge in [0.15, 0.2) is 37.0 Å². The van der Waals surface area contributed by atoms with Gasteiger partial charge in [0.25, 0.3) is 0 Å². The summed E-state index contributed by atoms with van der Waals surface area (Å²) < 4.78 is 56.1. The molecule has 0 saturated carbocycles. The van der Waals surface area contributed by atoms with Crippen molar-refractivity contribution in [1.82, 2.24) is 0 Å². The maximum atomic E-state index is 14.3. The predicted molar refractivity (Wildman–Crippen MR) is 246 cm³/mol. The molecule has 0 radical (unpaired) electrons. The number of ether oxygens (including phenoxy) is 9. The summed E-state index contributed by atoms with van der Waals surface area (Å²) >= 11 is 0. The van der Waals surface area contributed by atoms with Crippen LogP contribution >= 0.6 is 0 Å². The third-order valence-corrected chi connectivity index (χ3v) is 11.3. The average molecular weight is 953 g/mol. The van der Waals surface area contributed by atoms with Crippen LogP contribution in [0.15, 0.2) is 182 Å². The molecule has 0 spiro atoms. The molecule has 2 N–H and O–H groups in total. The van der Waals surface area contributed by atoms with E-state index in [-0.39, 0.29) is 34.4 Å². The Labute approximate surface area is 402 Å². The standard InChI is InChI=1S/C54H48O16/c55-31-40-42(56)44(66-49(58)36-23-11-3-12-24-36)46(68-51(60)38-27-15-5-16-28-38)54(64-40)70-43-41(33-62-48(57)35-21-9-2-10-22-35)65-53(63-32-34-19-7-1-8-20-34)47(69-52(61)39-29-17-6-18-30-39)45(43)67-50(59)37-25-13-4-14-26-37/h1-30,40-47,53-56H,31-33H2/t40-,41-,42-,43-,44+,45+,46+,47+,53-,54+/m1/s1. The number of esters is 5. The molecule has 16 nitrogen and oxygen atoms in total. The van der Waals surface area contributed by atoms with Crippen LogP contribution in [0.4, 0.5) is 0 Å². The maximum Gasteiger partial charge on any atom is 0.338 e. The molecule has 2 aliphatic heterocycles. The quantitative estimate of drug-likeness (QED) is 0.0776. The molecule has 0 aromatic heterocycles. The lowest BCUT2D eigenvalue weighted by atomic mass is 9.96. The summed E-state index contributed by atoms with van der Waals surface area (Å²) in [6.07, 6.45) is -17.1. The first-order valence-corrected chi connectivity index (χ1v) is 22.3. The molecule has 6 aromatic carbocycles. The van der Waals surface area contributed by atoms with Crippen molar-refractivity contribution >= 4 is 29.8 Å². The second kappa shape index (κ2) is 23.6. The number of aliphatic hydroxyl groups is 2. The van der Waals surface area contributed by atoms with Crippen molar-refractivity contribution in [1.29, 1.82) is 0 Å². The van der Waals surface area contributed by atoms with Crippen molar-refractivity contribution in [3.05, 3.63) is 215 Å². The van der Waals surface area contributed by atoms with E-state index in [0.717, 1.165) is 0 Å². The Kier molecular flexibility index (Phi) is 16.5. The van der Waals surface area contributed by atoms with Gasteiger partial charge in [-0.3, -0.25) is 0 Å². The van der Waals surface area contributed by atoms with E-state index in [4.69, 9.17) is 42.6 Å². The van der Waals surface area contributed by atoms with E-state index in [0.29, 0.717) is 5.56 Å². The number of carbonyl (C=O) groups excluding carboxylic acids is 5. The number of benzene rings is 6. The highest BCUT2D eigenvalue weighted by molar-refractivity contribution is 5.92. The van der Waals surface area contributed by atoms with Crippen molar-refractivity contribution in [2.24, 2.45) is 0 Å². The van der Waals surface area contributed by atoms with Gasteiger partial charge in [-0.2, -0.15) is 0 Å². The predicted octanol–water partition coefficient (Wildman–Crippen LogP) is 6.15. The van der Waals surface area contributed by atoms with Crippen molar-refractivity contribution < 1.29 is 76.8 Å². The van der Waals surface area contributed by atoms with Crippen LogP contribution in [0.3, 0.4) is 0 Å². The monoisotopic (exact) mass is 952 g/mol. The average Bonchev–Trinajstić information content (AvgIpc) is 3.41. The van der Waals surface area contributed by atoms with Gasteiger partial charge in [0.2, 0.25) is 0 Å². The van der Waals surface area contributed by atoms with E-state index in [1.807, 2.05) is 6.07 Å². The minimum atomic E-state index is -1.91. The third kappa shape index (κ3) is 12.2. The van der Waals surface area contributed by atoms with Crippen molar-refractivity contribution in [2.75, 3.05) is 13.2 Å². The Morgan fingerprint density at radius 2 is 0.771 bits per heavy atom. The second-order valence-electron chi connectivity index (χ2n) is 16.1. The van der Waals surface area contributed by atoms with E-state index in [9.17, 15) is 34.2 Å². The lowest BCUT2D eigenvalue weighted by molar-refractivity contribution is -0.357. The topological polar surface area (TPSA) is 209 Å². The molecule has 2 saturated heterocycles. The van der Waals surface area contributed by atoms with E-state index >= 15 is 0 Å². The fourth-order valence-electron chi connectivity index (χ4n) is 7.77. The van der Waals surface area contributed by atoms with Gasteiger partial charge < -0.3 is 52.8 Å². The van der Waals surface area contributed by atoms with Crippen LogP contribution in [0.25, 0.3) is 0 Å². The normalized spacial score (nSPS) is 24.0. The molecule has 0 unspecified atom stereocenters. The number of hydrogen-bond acceptors (Lipinski definition) is 16. The smallest absolute Gasteiger partial charge is 0.338 e. The highest BCUT2D eigenvalue weighted by Gasteiger charge is 2.57. The molecule has 2 aliphatic rings. The van der Waals surface area contributed by atoms with Crippen LogP contribution in [-0.2, 0) is 49.2 Å². The minimum Gasteiger partial charge on any atom is -0.459 e. The lowest BCUT2D eigenvalue weighted by Gasteiger charge is -2.48. The van der Waals surface area contributed by atoms with E-state index in [2.05, 4.69) is 0 Å². The van der Waals surface area contributed by atoms with E-state index in [1.165, 1.54) is 60.7 Å². The molecular weight excluding hydrogens is 905 g/mol. The molecule has 70 heavy (non-hydrogen) atoms. The number of aliphatic hydroxyl groups excluding tert-OH is 2. The van der Waals surface area contributed by atoms with Gasteiger partial charge in [-0.25, -0.2) is 24.0 Å². The summed E-state index contributed by atoms with van der Waals surface area (Å²) in [6, 6.07) is 48.5. The van der Waals surface area contributed by atoms with Crippen LogP contribution in [0.2, 0.25) is 0 Å². The largest absolute Gasteiger partial charge is 0.459 e. The summed E-state index contributed by atoms with van der Waals surface area (Å²) in [5.74, 6) is -4.47. The van der Waals surface area contributed by atoms with Crippen LogP contribution < -0.4 is 0 Å². The summed E-state index contributed by atoms with van der Waals surface area (Å²) in [4.78, 5) is 69.7. The Morgan fingerprint density at radius 1 is 0.414 bits per heavy atom. The molecule has 2 heterocycles. The van der Waals surface area contributed by atoms with Gasteiger partial charge in [0.1, 0.15) is 31.0 Å². The van der Waals surface area contributed by atoms with Gasteiger partial charge in [-0.1, -0.05) is 121 Å². The highest BCUT2D eigenvalue weighted by atomic mass is 16.8. The Hall–Kier alpha value is -7.57. The SMILES string of the molecule is O=C(OC[C@H]1O[C@@H](OCc2ccccc2)[C@@H](OC(=O)c2ccccc2)[C@@H](OC(=O)c2ccccc2)[C@@H]1O[C@@H]1O[C@H](CO)[C@@H](O)[C@H](OC(=O)c2ccccc2)[C@@H]1OC(=O)c1ccccc1)c1ccccc1. The van der Waals surface area contributed by atoms with Crippen molar-refractivity contribution in [3.8, 4) is 0 Å². The maximum absolute atomic E-state index is 14.3. The Morgan fingerprint density at radius 3 is 1.20 bits per heavy atom. The number of carbonyl (C=O) groups is 5. The summed E-state index contributed by atoms with van der Waals surface area (Å²) in [5, 5.41) is 22.3. The van der Waals surface area contributed by atoms with Gasteiger partial charge in [0.05, 0.1) is 41.0 Å². The molecule has 2 fully saturated rings. The fourth-order valence-corrected chi connectivity index (χ4v) is 7.77. The lowest BCUT2D eigenvalue weighted by Crippen LogP contribution is -2.67. The van der Waals surface area contributed by atoms with Crippen LogP contribution in [-0.4, -0.2) is 115 Å². The van der Waals surface area contributed by atoms with Crippen LogP contribution in [0.5, 0.6) is 0 Å². The summed E-state index contributed by atoms with van der Waals surface area (Å²) in [5.41, 5.74) is 1.19. The molecule has 16 heteroatoms. The van der Waals surface area contributed by atoms with E-state index < -0.39 is 104 Å². The van der Waals surface area contributed by atoms with Crippen LogP contribution in [0, 0.1) is 0 Å². The van der Waals surface area contributed by atoms with Crippen molar-refractivity contribution in [2.45, 2.75) is 68.0 Å². The number of rotatable bonds is 17. The summed E-state index contributed by atoms with van der Waals surface area (Å²) in [6.45, 7) is -1.60. The zero-order valence-corrected chi connectivity index (χ0v) is 37.3.